The van der Waals surface area contributed by atoms with Crippen LogP contribution in [0.15, 0.2) is 0 Å². The fraction of sp³-hybridized carbons (Fsp3) is 0.769. The van der Waals surface area contributed by atoms with Gasteiger partial charge in [-0.2, -0.15) is 13.5 Å². The molecule has 3 rings (SSSR count). The summed E-state index contributed by atoms with van der Waals surface area (Å²) in [7, 11) is -4.88. The number of hydrogen-bond acceptors (Lipinski definition) is 7. The van der Waals surface area contributed by atoms with Crippen LogP contribution < -0.4 is 16.2 Å². The maximum Gasteiger partial charge on any atom is 0.418 e. The summed E-state index contributed by atoms with van der Waals surface area (Å²) in [6, 6.07) is -2.77. The molecule has 3 heterocycles. The SMILES string of the molecule is CC1(C)C[C@@H](C(=O)NNC(=O)C2CCN2)N2C[C@@H]1N(OS(=O)(=O)O)C2=O. The predicted octanol–water partition coefficient (Wildman–Crippen LogP) is -1.87. The van der Waals surface area contributed by atoms with Crippen molar-refractivity contribution in [1.29, 1.82) is 0 Å². The predicted molar refractivity (Wildman–Crippen MR) is 85.2 cm³/mol. The van der Waals surface area contributed by atoms with E-state index in [9.17, 15) is 22.8 Å². The van der Waals surface area contributed by atoms with Crippen LogP contribution >= 0.6 is 0 Å². The highest BCUT2D eigenvalue weighted by Crippen LogP contribution is 2.42. The summed E-state index contributed by atoms with van der Waals surface area (Å²) in [4.78, 5) is 37.9. The normalized spacial score (nSPS) is 30.0. The molecule has 3 aliphatic rings. The second-order valence-electron chi connectivity index (χ2n) is 7.26. The highest BCUT2D eigenvalue weighted by molar-refractivity contribution is 7.80. The quantitative estimate of drug-likeness (QED) is 0.321. The molecule has 4 N–H and O–H groups in total. The Kier molecular flexibility index (Phi) is 4.58. The monoisotopic (exact) mass is 391 g/mol. The van der Waals surface area contributed by atoms with Gasteiger partial charge in [0.05, 0.1) is 12.1 Å². The number of carbonyl (C=O) groups is 3. The Morgan fingerprint density at radius 1 is 1.31 bits per heavy atom. The van der Waals surface area contributed by atoms with E-state index < -0.39 is 39.8 Å². The molecule has 0 aromatic rings. The van der Waals surface area contributed by atoms with Crippen LogP contribution in [0.4, 0.5) is 4.79 Å². The van der Waals surface area contributed by atoms with Crippen LogP contribution in [0.5, 0.6) is 0 Å². The van der Waals surface area contributed by atoms with Gasteiger partial charge in [0.1, 0.15) is 6.04 Å². The van der Waals surface area contributed by atoms with Crippen LogP contribution in [-0.2, 0) is 24.3 Å². The van der Waals surface area contributed by atoms with Crippen molar-refractivity contribution < 1.29 is 31.6 Å². The third-order valence-corrected chi connectivity index (χ3v) is 5.36. The van der Waals surface area contributed by atoms with Gasteiger partial charge in [-0.15, -0.1) is 4.28 Å². The van der Waals surface area contributed by atoms with Crippen molar-refractivity contribution in [3.63, 3.8) is 0 Å². The van der Waals surface area contributed by atoms with Crippen molar-refractivity contribution in [2.75, 3.05) is 13.1 Å². The van der Waals surface area contributed by atoms with Crippen molar-refractivity contribution in [3.8, 4) is 0 Å². The number of piperidine rings is 1. The fourth-order valence-electron chi connectivity index (χ4n) is 3.39. The Bertz CT molecular complexity index is 735. The first-order chi connectivity index (χ1) is 12.0. The summed E-state index contributed by atoms with van der Waals surface area (Å²) in [6.45, 7) is 4.30. The number of hydroxylamine groups is 2. The Morgan fingerprint density at radius 3 is 2.46 bits per heavy atom. The summed E-state index contributed by atoms with van der Waals surface area (Å²) >= 11 is 0. The van der Waals surface area contributed by atoms with Crippen molar-refractivity contribution in [1.82, 2.24) is 26.1 Å². The number of rotatable bonds is 4. The second kappa shape index (κ2) is 6.33. The van der Waals surface area contributed by atoms with Gasteiger partial charge in [0.15, 0.2) is 0 Å². The summed E-state index contributed by atoms with van der Waals surface area (Å²) in [5, 5.41) is 3.47. The minimum absolute atomic E-state index is 0.0531. The van der Waals surface area contributed by atoms with Gasteiger partial charge in [0.25, 0.3) is 11.8 Å². The number of nitrogens with one attached hydrogen (secondary N) is 3. The van der Waals surface area contributed by atoms with Crippen LogP contribution in [0.3, 0.4) is 0 Å². The molecule has 0 spiro atoms. The molecular weight excluding hydrogens is 370 g/mol. The Hall–Kier alpha value is -1.96. The average Bonchev–Trinajstić information content (AvgIpc) is 2.73. The zero-order chi connectivity index (χ0) is 19.3. The highest BCUT2D eigenvalue weighted by atomic mass is 32.3. The first-order valence-electron chi connectivity index (χ1n) is 8.09. The number of nitrogens with zero attached hydrogens (tertiary/aromatic N) is 2. The van der Waals surface area contributed by atoms with Gasteiger partial charge in [-0.1, -0.05) is 13.8 Å². The van der Waals surface area contributed by atoms with E-state index in [2.05, 4.69) is 20.5 Å². The zero-order valence-electron chi connectivity index (χ0n) is 14.3. The van der Waals surface area contributed by atoms with E-state index in [1.165, 1.54) is 0 Å². The molecule has 26 heavy (non-hydrogen) atoms. The van der Waals surface area contributed by atoms with Gasteiger partial charge in [0.2, 0.25) is 0 Å². The van der Waals surface area contributed by atoms with E-state index in [0.29, 0.717) is 11.5 Å². The Balaban J connectivity index is 1.70. The van der Waals surface area contributed by atoms with Crippen LogP contribution in [0, 0.1) is 5.41 Å². The van der Waals surface area contributed by atoms with Crippen molar-refractivity contribution in [2.45, 2.75) is 44.8 Å². The molecule has 3 fully saturated rings. The van der Waals surface area contributed by atoms with E-state index in [1.54, 1.807) is 13.8 Å². The summed E-state index contributed by atoms with van der Waals surface area (Å²) in [5.74, 6) is -0.965. The molecule has 0 saturated carbocycles. The van der Waals surface area contributed by atoms with E-state index >= 15 is 0 Å². The summed E-state index contributed by atoms with van der Waals surface area (Å²) in [6.07, 6.45) is 0.893. The lowest BCUT2D eigenvalue weighted by atomic mass is 9.76. The molecule has 3 aliphatic heterocycles. The summed E-state index contributed by atoms with van der Waals surface area (Å²) in [5.41, 5.74) is 3.95. The number of amides is 4. The van der Waals surface area contributed by atoms with Crippen LogP contribution in [0.1, 0.15) is 26.7 Å². The Labute approximate surface area is 150 Å². The maximum absolute atomic E-state index is 12.5. The Morgan fingerprint density at radius 2 is 1.92 bits per heavy atom. The molecule has 0 radical (unpaired) electrons. The molecule has 3 atom stereocenters. The van der Waals surface area contributed by atoms with E-state index in [0.717, 1.165) is 11.4 Å². The molecular formula is C13H21N5O7S. The van der Waals surface area contributed by atoms with E-state index in [1.807, 2.05) is 0 Å². The topological polar surface area (TPSA) is 157 Å². The van der Waals surface area contributed by atoms with Crippen molar-refractivity contribution >= 4 is 28.2 Å². The maximum atomic E-state index is 12.5. The van der Waals surface area contributed by atoms with E-state index in [4.69, 9.17) is 4.55 Å². The average molecular weight is 391 g/mol. The molecule has 0 aliphatic carbocycles. The largest absolute Gasteiger partial charge is 0.418 e. The first kappa shape index (κ1) is 18.8. The lowest BCUT2D eigenvalue weighted by Gasteiger charge is -2.40. The minimum atomic E-state index is -4.88. The summed E-state index contributed by atoms with van der Waals surface area (Å²) < 4.78 is 35.3. The molecule has 13 heteroatoms. The smallest absolute Gasteiger partial charge is 0.309 e. The number of fused-ring (bicyclic) bond motifs is 2. The van der Waals surface area contributed by atoms with Crippen molar-refractivity contribution in [3.05, 3.63) is 0 Å². The third-order valence-electron chi connectivity index (χ3n) is 5.01. The van der Waals surface area contributed by atoms with Crippen LogP contribution in [0.25, 0.3) is 0 Å². The molecule has 2 bridgehead atoms. The number of hydrazine groups is 1. The zero-order valence-corrected chi connectivity index (χ0v) is 15.1. The standard InChI is InChI=1S/C13H21N5O7S/c1-13(2)5-8(11(20)16-15-10(19)7-3-4-14-7)17-6-9(13)18(12(17)21)25-26(22,23)24/h7-9,14H,3-6H2,1-2H3,(H,15,19)(H,16,20)(H,22,23,24)/t7?,8-,9-/m0/s1. The molecule has 146 valence electrons. The number of carbonyl (C=O) groups excluding carboxylic acids is 3. The minimum Gasteiger partial charge on any atom is -0.309 e. The molecule has 0 aromatic carbocycles. The van der Waals surface area contributed by atoms with Crippen LogP contribution in [0.2, 0.25) is 0 Å². The van der Waals surface area contributed by atoms with Gasteiger partial charge < -0.3 is 10.2 Å². The fourth-order valence-corrected chi connectivity index (χ4v) is 3.76. The molecule has 0 aromatic heterocycles. The van der Waals surface area contributed by atoms with Gasteiger partial charge in [-0.3, -0.25) is 25.0 Å². The van der Waals surface area contributed by atoms with Gasteiger partial charge >= 0.3 is 16.4 Å². The van der Waals surface area contributed by atoms with Gasteiger partial charge in [-0.05, 0) is 24.8 Å². The molecule has 3 saturated heterocycles. The number of urea groups is 1. The van der Waals surface area contributed by atoms with E-state index in [-0.39, 0.29) is 24.9 Å². The van der Waals surface area contributed by atoms with Crippen molar-refractivity contribution in [2.24, 2.45) is 5.41 Å². The lowest BCUT2D eigenvalue weighted by molar-refractivity contribution is -0.134. The molecule has 1 unspecified atom stereocenters. The molecule has 4 amide bonds. The van der Waals surface area contributed by atoms with Gasteiger partial charge in [-0.25, -0.2) is 4.79 Å². The van der Waals surface area contributed by atoms with Crippen LogP contribution in [-0.4, -0.2) is 72.0 Å². The highest BCUT2D eigenvalue weighted by Gasteiger charge is 2.56. The van der Waals surface area contributed by atoms with Gasteiger partial charge in [0, 0.05) is 6.54 Å². The number of hydrogen-bond donors (Lipinski definition) is 4. The first-order valence-corrected chi connectivity index (χ1v) is 9.46. The lowest BCUT2D eigenvalue weighted by Crippen LogP contribution is -2.60. The third kappa shape index (κ3) is 3.47. The molecule has 12 nitrogen and oxygen atoms in total. The second-order valence-corrected chi connectivity index (χ2v) is 8.27.